The molecule has 2 fully saturated rings. The highest BCUT2D eigenvalue weighted by Gasteiger charge is 2.40. The molecule has 2 aromatic heterocycles. The Kier molecular flexibility index (Phi) is 5.15. The van der Waals surface area contributed by atoms with Gasteiger partial charge in [-0.3, -0.25) is 0 Å². The third-order valence-electron chi connectivity index (χ3n) is 8.65. The number of thiophene rings is 1. The Balaban J connectivity index is 1.27. The van der Waals surface area contributed by atoms with E-state index < -0.39 is 0 Å². The molecule has 2 aliphatic carbocycles. The van der Waals surface area contributed by atoms with Gasteiger partial charge in [-0.05, 0) is 54.7 Å². The van der Waals surface area contributed by atoms with Crippen LogP contribution in [-0.2, 0) is 0 Å². The van der Waals surface area contributed by atoms with Gasteiger partial charge < -0.3 is 0 Å². The third-order valence-corrected chi connectivity index (χ3v) is 9.87. The Morgan fingerprint density at radius 1 is 0.579 bits per heavy atom. The van der Waals surface area contributed by atoms with E-state index in [2.05, 4.69) is 78.9 Å². The van der Waals surface area contributed by atoms with Gasteiger partial charge in [0.2, 0.25) is 0 Å². The predicted octanol–water partition coefficient (Wildman–Crippen LogP) is 9.14. The van der Waals surface area contributed by atoms with Crippen molar-refractivity contribution < 1.29 is 0 Å². The van der Waals surface area contributed by atoms with Gasteiger partial charge in [-0.1, -0.05) is 91.3 Å². The molecule has 3 unspecified atom stereocenters. The fourth-order valence-corrected chi connectivity index (χ4v) is 8.01. The van der Waals surface area contributed by atoms with Gasteiger partial charge in [0, 0.05) is 36.9 Å². The Bertz CT molecular complexity index is 1790. The monoisotopic (exact) mass is 509 g/mol. The van der Waals surface area contributed by atoms with Gasteiger partial charge in [-0.15, -0.1) is 11.3 Å². The van der Waals surface area contributed by atoms with Crippen LogP contribution >= 0.6 is 11.3 Å². The first-order chi connectivity index (χ1) is 18.8. The van der Waals surface area contributed by atoms with Crippen LogP contribution in [0.15, 0.2) is 97.1 Å². The van der Waals surface area contributed by atoms with Gasteiger partial charge in [0.25, 0.3) is 0 Å². The molecule has 4 heteroatoms. The van der Waals surface area contributed by atoms with Crippen LogP contribution in [0.3, 0.4) is 0 Å². The summed E-state index contributed by atoms with van der Waals surface area (Å²) in [5.41, 5.74) is 4.58. The Morgan fingerprint density at radius 2 is 1.29 bits per heavy atom. The molecule has 0 saturated heterocycles. The van der Waals surface area contributed by atoms with Crippen molar-refractivity contribution in [2.24, 2.45) is 11.8 Å². The summed E-state index contributed by atoms with van der Waals surface area (Å²) in [7, 11) is 0. The minimum absolute atomic E-state index is 0.709. The zero-order chi connectivity index (χ0) is 25.1. The average molecular weight is 510 g/mol. The molecule has 184 valence electrons. The van der Waals surface area contributed by atoms with E-state index in [-0.39, 0.29) is 0 Å². The van der Waals surface area contributed by atoms with Crippen molar-refractivity contribution in [2.75, 3.05) is 0 Å². The van der Waals surface area contributed by atoms with E-state index in [9.17, 15) is 0 Å². The first kappa shape index (κ1) is 22.1. The number of hydrogen-bond donors (Lipinski definition) is 0. The van der Waals surface area contributed by atoms with Crippen LogP contribution in [0.5, 0.6) is 0 Å². The Hall–Kier alpha value is -3.89. The number of rotatable bonds is 4. The van der Waals surface area contributed by atoms with Gasteiger partial charge in [-0.25, -0.2) is 15.0 Å². The lowest BCUT2D eigenvalue weighted by Crippen LogP contribution is -2.08. The van der Waals surface area contributed by atoms with Gasteiger partial charge in [0.15, 0.2) is 17.5 Å². The van der Waals surface area contributed by atoms with E-state index in [0.29, 0.717) is 5.82 Å². The highest BCUT2D eigenvalue weighted by Crippen LogP contribution is 2.53. The second-order valence-corrected chi connectivity index (χ2v) is 11.9. The first-order valence-corrected chi connectivity index (χ1v) is 14.4. The SMILES string of the molecule is c1ccc(-c2nc(-c3ccc(C4CC5CCC4C5)cc3)nc(-c3cccc4c3sc3ccccc34)n2)cc1. The summed E-state index contributed by atoms with van der Waals surface area (Å²) in [6.07, 6.45) is 5.61. The molecule has 0 N–H and O–H groups in total. The summed E-state index contributed by atoms with van der Waals surface area (Å²) < 4.78 is 2.50. The topological polar surface area (TPSA) is 38.7 Å². The van der Waals surface area contributed by atoms with Crippen molar-refractivity contribution in [3.63, 3.8) is 0 Å². The molecule has 3 nitrogen and oxygen atoms in total. The quantitative estimate of drug-likeness (QED) is 0.238. The fourth-order valence-electron chi connectivity index (χ4n) is 6.80. The lowest BCUT2D eigenvalue weighted by atomic mass is 9.83. The van der Waals surface area contributed by atoms with Gasteiger partial charge in [0.05, 0.1) is 0 Å². The molecular formula is C34H27N3S. The molecule has 38 heavy (non-hydrogen) atoms. The minimum Gasteiger partial charge on any atom is -0.208 e. The van der Waals surface area contributed by atoms with E-state index in [0.717, 1.165) is 46.1 Å². The predicted molar refractivity (Wildman–Crippen MR) is 157 cm³/mol. The Morgan fingerprint density at radius 3 is 2.05 bits per heavy atom. The number of hydrogen-bond acceptors (Lipinski definition) is 4. The molecule has 8 rings (SSSR count). The van der Waals surface area contributed by atoms with Crippen molar-refractivity contribution >= 4 is 31.5 Å². The van der Waals surface area contributed by atoms with Crippen molar-refractivity contribution in [3.8, 4) is 34.2 Å². The van der Waals surface area contributed by atoms with Crippen LogP contribution in [0.2, 0.25) is 0 Å². The number of nitrogens with zero attached hydrogens (tertiary/aromatic N) is 3. The molecule has 2 bridgehead atoms. The van der Waals surface area contributed by atoms with E-state index in [1.54, 1.807) is 0 Å². The molecule has 3 atom stereocenters. The third kappa shape index (κ3) is 3.66. The summed E-state index contributed by atoms with van der Waals surface area (Å²) in [5.74, 6) is 4.71. The molecule has 2 saturated carbocycles. The number of fused-ring (bicyclic) bond motifs is 5. The van der Waals surface area contributed by atoms with E-state index in [4.69, 9.17) is 15.0 Å². The molecule has 0 amide bonds. The molecule has 2 heterocycles. The molecule has 4 aromatic carbocycles. The van der Waals surface area contributed by atoms with Crippen LogP contribution in [0.25, 0.3) is 54.3 Å². The molecule has 0 aliphatic heterocycles. The van der Waals surface area contributed by atoms with E-state index in [1.807, 2.05) is 29.5 Å². The smallest absolute Gasteiger partial charge is 0.165 e. The van der Waals surface area contributed by atoms with Crippen LogP contribution < -0.4 is 0 Å². The maximum atomic E-state index is 5.07. The van der Waals surface area contributed by atoms with Crippen molar-refractivity contribution in [3.05, 3.63) is 103 Å². The summed E-state index contributed by atoms with van der Waals surface area (Å²) in [6.45, 7) is 0. The number of benzene rings is 4. The number of aromatic nitrogens is 3. The normalized spacial score (nSPS) is 20.5. The van der Waals surface area contributed by atoms with Crippen LogP contribution in [0.4, 0.5) is 0 Å². The highest BCUT2D eigenvalue weighted by molar-refractivity contribution is 7.26. The summed E-state index contributed by atoms with van der Waals surface area (Å²) >= 11 is 1.81. The average Bonchev–Trinajstić information content (AvgIpc) is 3.72. The summed E-state index contributed by atoms with van der Waals surface area (Å²) in [5, 5.41) is 2.53. The van der Waals surface area contributed by atoms with Crippen molar-refractivity contribution in [1.82, 2.24) is 15.0 Å². The molecule has 0 spiro atoms. The van der Waals surface area contributed by atoms with Gasteiger partial charge >= 0.3 is 0 Å². The largest absolute Gasteiger partial charge is 0.208 e. The minimum atomic E-state index is 0.709. The molecule has 0 radical (unpaired) electrons. The molecule has 2 aliphatic rings. The zero-order valence-electron chi connectivity index (χ0n) is 21.0. The van der Waals surface area contributed by atoms with Crippen LogP contribution in [-0.4, -0.2) is 15.0 Å². The molecular weight excluding hydrogens is 482 g/mol. The second kappa shape index (κ2) is 8.85. The van der Waals surface area contributed by atoms with Crippen LogP contribution in [0, 0.1) is 11.8 Å². The highest BCUT2D eigenvalue weighted by atomic mass is 32.1. The van der Waals surface area contributed by atoms with Gasteiger partial charge in [-0.2, -0.15) is 0 Å². The fraction of sp³-hybridized carbons (Fsp3) is 0.206. The maximum absolute atomic E-state index is 5.07. The van der Waals surface area contributed by atoms with E-state index in [1.165, 1.54) is 51.4 Å². The standard InChI is InChI=1S/C34H27N3S/c1-2-7-23(8-3-1)32-35-33(24-17-15-22(16-18-24)29-20-21-13-14-25(29)19-21)37-34(36-32)28-11-6-10-27-26-9-4-5-12-30(26)38-31(27)28/h1-12,15-18,21,25,29H,13-14,19-20H2. The summed E-state index contributed by atoms with van der Waals surface area (Å²) in [6, 6.07) is 34.4. The molecule has 6 aromatic rings. The maximum Gasteiger partial charge on any atom is 0.165 e. The zero-order valence-corrected chi connectivity index (χ0v) is 21.9. The lowest BCUT2D eigenvalue weighted by molar-refractivity contribution is 0.420. The van der Waals surface area contributed by atoms with Crippen LogP contribution in [0.1, 0.15) is 37.2 Å². The van der Waals surface area contributed by atoms with Crippen molar-refractivity contribution in [1.29, 1.82) is 0 Å². The van der Waals surface area contributed by atoms with Gasteiger partial charge in [0.1, 0.15) is 0 Å². The van der Waals surface area contributed by atoms with Crippen molar-refractivity contribution in [2.45, 2.75) is 31.6 Å². The van der Waals surface area contributed by atoms with E-state index >= 15 is 0 Å². The lowest BCUT2D eigenvalue weighted by Gasteiger charge is -2.22. The Labute approximate surface area is 226 Å². The first-order valence-electron chi connectivity index (χ1n) is 13.6. The second-order valence-electron chi connectivity index (χ2n) is 10.9. The summed E-state index contributed by atoms with van der Waals surface area (Å²) in [4.78, 5) is 15.0.